The Kier molecular flexibility index (Phi) is 6.65. The van der Waals surface area contributed by atoms with Gasteiger partial charge in [0, 0.05) is 0 Å². The number of rotatable bonds is 8. The Bertz CT molecular complexity index is 984. The van der Waals surface area contributed by atoms with Crippen LogP contribution in [0.15, 0.2) is 41.7 Å². The Hall–Kier alpha value is -1.50. The Morgan fingerprint density at radius 2 is 1.46 bits per heavy atom. The van der Waals surface area contributed by atoms with E-state index in [4.69, 9.17) is 0 Å². The summed E-state index contributed by atoms with van der Waals surface area (Å²) in [5.74, 6) is 8.97. The van der Waals surface area contributed by atoms with Crippen LogP contribution in [0.4, 0.5) is 0 Å². The van der Waals surface area contributed by atoms with Crippen molar-refractivity contribution < 1.29 is 5.11 Å². The fraction of sp³-hybridized carbons (Fsp3) is 0.706. The van der Waals surface area contributed by atoms with Gasteiger partial charge < -0.3 is 5.11 Å². The molecule has 1 nitrogen and oxygen atoms in total. The predicted molar refractivity (Wildman–Crippen MR) is 146 cm³/mol. The SMILES string of the molecule is CC1=C(O)C=CC(C2CC3CC2CC3CCCCCC2CC3CC2CC3c2ccc(C)c(C)c2)C1. The molecule has 0 spiro atoms. The number of aliphatic hydroxyl groups excluding tert-OH is 1. The molecule has 9 atom stereocenters. The molecule has 0 aliphatic heterocycles. The highest BCUT2D eigenvalue weighted by Crippen LogP contribution is 2.58. The van der Waals surface area contributed by atoms with Crippen LogP contribution in [0.25, 0.3) is 0 Å². The number of aliphatic hydroxyl groups is 1. The van der Waals surface area contributed by atoms with Gasteiger partial charge in [0.2, 0.25) is 0 Å². The molecular formula is C34H48O. The highest BCUT2D eigenvalue weighted by molar-refractivity contribution is 5.33. The lowest BCUT2D eigenvalue weighted by Gasteiger charge is -2.34. The second kappa shape index (κ2) is 9.75. The van der Waals surface area contributed by atoms with Crippen molar-refractivity contribution in [1.82, 2.24) is 0 Å². The summed E-state index contributed by atoms with van der Waals surface area (Å²) in [6, 6.07) is 7.26. The summed E-state index contributed by atoms with van der Waals surface area (Å²) in [7, 11) is 0. The molecule has 9 unspecified atom stereocenters. The van der Waals surface area contributed by atoms with Gasteiger partial charge in [-0.2, -0.15) is 0 Å². The number of aryl methyl sites for hydroxylation is 2. The molecule has 6 rings (SSSR count). The Morgan fingerprint density at radius 1 is 0.743 bits per heavy atom. The third-order valence-corrected chi connectivity index (χ3v) is 11.7. The first kappa shape index (κ1) is 23.9. The summed E-state index contributed by atoms with van der Waals surface area (Å²) >= 11 is 0. The average molecular weight is 473 g/mol. The fourth-order valence-corrected chi connectivity index (χ4v) is 9.64. The zero-order valence-electron chi connectivity index (χ0n) is 22.5. The fourth-order valence-electron chi connectivity index (χ4n) is 9.64. The summed E-state index contributed by atoms with van der Waals surface area (Å²) in [4.78, 5) is 0. The van der Waals surface area contributed by atoms with Gasteiger partial charge in [-0.15, -0.1) is 0 Å². The quantitative estimate of drug-likeness (QED) is 0.373. The minimum Gasteiger partial charge on any atom is -0.508 e. The molecule has 5 aliphatic rings. The van der Waals surface area contributed by atoms with Crippen LogP contribution in [0.5, 0.6) is 0 Å². The normalized spacial score (nSPS) is 39.8. The van der Waals surface area contributed by atoms with Crippen LogP contribution in [0, 0.1) is 61.2 Å². The molecule has 1 aromatic carbocycles. The van der Waals surface area contributed by atoms with Crippen LogP contribution < -0.4 is 0 Å². The van der Waals surface area contributed by atoms with Gasteiger partial charge in [0.05, 0.1) is 0 Å². The van der Waals surface area contributed by atoms with Gasteiger partial charge in [-0.05, 0) is 147 Å². The summed E-state index contributed by atoms with van der Waals surface area (Å²) in [6.45, 7) is 6.63. The van der Waals surface area contributed by atoms with Crippen LogP contribution in [-0.4, -0.2) is 5.11 Å². The van der Waals surface area contributed by atoms with Crippen molar-refractivity contribution in [2.45, 2.75) is 104 Å². The zero-order chi connectivity index (χ0) is 24.1. The van der Waals surface area contributed by atoms with Crippen LogP contribution >= 0.6 is 0 Å². The maximum Gasteiger partial charge on any atom is 0.114 e. The lowest BCUT2D eigenvalue weighted by molar-refractivity contribution is 0.199. The molecule has 4 fully saturated rings. The summed E-state index contributed by atoms with van der Waals surface area (Å²) in [5, 5.41) is 9.92. The first-order valence-electron chi connectivity index (χ1n) is 15.1. The molecule has 0 amide bonds. The second-order valence-corrected chi connectivity index (χ2v) is 13.6. The standard InChI is InChI=1S/C34H48O/c1-21-9-10-26(13-22(21)2)32-19-28-17-30(32)15-24(28)7-5-4-6-8-25-16-31-18-29(25)20-33(31)27-11-12-34(35)23(3)14-27/h9-13,24-25,27-33,35H,4-8,14-20H2,1-3H3. The minimum absolute atomic E-state index is 0.522. The predicted octanol–water partition coefficient (Wildman–Crippen LogP) is 9.45. The maximum atomic E-state index is 9.92. The Labute approximate surface area is 214 Å². The number of unbranched alkanes of at least 4 members (excludes halogenated alkanes) is 2. The van der Waals surface area contributed by atoms with E-state index in [9.17, 15) is 5.11 Å². The minimum atomic E-state index is 0.522. The van der Waals surface area contributed by atoms with Crippen LogP contribution in [-0.2, 0) is 0 Å². The maximum absolute atomic E-state index is 9.92. The molecule has 4 bridgehead atoms. The van der Waals surface area contributed by atoms with E-state index in [2.05, 4.69) is 45.0 Å². The van der Waals surface area contributed by atoms with Crippen LogP contribution in [0.2, 0.25) is 0 Å². The van der Waals surface area contributed by atoms with E-state index in [0.29, 0.717) is 11.7 Å². The number of hydrogen-bond donors (Lipinski definition) is 1. The number of hydrogen-bond acceptors (Lipinski definition) is 1. The summed E-state index contributed by atoms with van der Waals surface area (Å²) < 4.78 is 0. The third kappa shape index (κ3) is 4.67. The molecule has 0 aromatic heterocycles. The number of allylic oxidation sites excluding steroid dienone is 3. The van der Waals surface area contributed by atoms with Crippen molar-refractivity contribution in [1.29, 1.82) is 0 Å². The Morgan fingerprint density at radius 3 is 2.09 bits per heavy atom. The molecule has 1 aromatic rings. The van der Waals surface area contributed by atoms with Gasteiger partial charge in [0.25, 0.3) is 0 Å². The van der Waals surface area contributed by atoms with Gasteiger partial charge in [0.15, 0.2) is 0 Å². The highest BCUT2D eigenvalue weighted by Gasteiger charge is 2.48. The highest BCUT2D eigenvalue weighted by atomic mass is 16.3. The van der Waals surface area contributed by atoms with Gasteiger partial charge in [-0.1, -0.05) is 56.4 Å². The second-order valence-electron chi connectivity index (χ2n) is 13.6. The zero-order valence-corrected chi connectivity index (χ0v) is 22.5. The smallest absolute Gasteiger partial charge is 0.114 e. The van der Waals surface area contributed by atoms with E-state index in [1.807, 2.05) is 6.08 Å². The van der Waals surface area contributed by atoms with Crippen molar-refractivity contribution in [2.24, 2.45) is 47.3 Å². The molecule has 0 saturated heterocycles. The molecule has 190 valence electrons. The largest absolute Gasteiger partial charge is 0.508 e. The lowest BCUT2D eigenvalue weighted by Crippen LogP contribution is -2.25. The van der Waals surface area contributed by atoms with Crippen molar-refractivity contribution in [3.05, 3.63) is 58.4 Å². The summed E-state index contributed by atoms with van der Waals surface area (Å²) in [5.41, 5.74) is 5.76. The molecule has 0 radical (unpaired) electrons. The first-order valence-corrected chi connectivity index (χ1v) is 15.1. The van der Waals surface area contributed by atoms with E-state index in [0.717, 1.165) is 53.8 Å². The van der Waals surface area contributed by atoms with Gasteiger partial charge >= 0.3 is 0 Å². The van der Waals surface area contributed by atoms with E-state index in [1.165, 1.54) is 87.3 Å². The first-order chi connectivity index (χ1) is 17.0. The average Bonchev–Trinajstić information content (AvgIpc) is 3.63. The van der Waals surface area contributed by atoms with Crippen molar-refractivity contribution in [3.63, 3.8) is 0 Å². The van der Waals surface area contributed by atoms with Gasteiger partial charge in [-0.25, -0.2) is 0 Å². The molecule has 1 N–H and O–H groups in total. The van der Waals surface area contributed by atoms with E-state index in [1.54, 1.807) is 5.56 Å². The lowest BCUT2D eigenvalue weighted by atomic mass is 9.72. The number of benzene rings is 1. The molecule has 4 saturated carbocycles. The molecular weight excluding hydrogens is 424 g/mol. The molecule has 0 heterocycles. The Balaban J connectivity index is 0.891. The third-order valence-electron chi connectivity index (χ3n) is 11.7. The monoisotopic (exact) mass is 472 g/mol. The number of fused-ring (bicyclic) bond motifs is 4. The van der Waals surface area contributed by atoms with E-state index < -0.39 is 0 Å². The molecule has 5 aliphatic carbocycles. The van der Waals surface area contributed by atoms with Gasteiger partial charge in [0.1, 0.15) is 5.76 Å². The molecule has 35 heavy (non-hydrogen) atoms. The van der Waals surface area contributed by atoms with E-state index in [-0.39, 0.29) is 0 Å². The van der Waals surface area contributed by atoms with Crippen molar-refractivity contribution >= 4 is 0 Å². The van der Waals surface area contributed by atoms with Crippen molar-refractivity contribution in [3.8, 4) is 0 Å². The van der Waals surface area contributed by atoms with Crippen LogP contribution in [0.3, 0.4) is 0 Å². The molecule has 1 heteroatoms. The summed E-state index contributed by atoms with van der Waals surface area (Å²) in [6.07, 6.45) is 21.8. The van der Waals surface area contributed by atoms with Gasteiger partial charge in [-0.3, -0.25) is 0 Å². The van der Waals surface area contributed by atoms with Crippen molar-refractivity contribution in [2.75, 3.05) is 0 Å². The van der Waals surface area contributed by atoms with Crippen LogP contribution in [0.1, 0.15) is 107 Å². The van der Waals surface area contributed by atoms with E-state index >= 15 is 0 Å². The topological polar surface area (TPSA) is 20.2 Å².